The molecule has 0 aromatic rings. The first-order chi connectivity index (χ1) is 19.1. The molecule has 0 aliphatic carbocycles. The van der Waals surface area contributed by atoms with E-state index in [-0.39, 0.29) is 18.9 Å². The van der Waals surface area contributed by atoms with Gasteiger partial charge in [0.25, 0.3) is 0 Å². The molecule has 2 heteroatoms. The third-order valence-electron chi connectivity index (χ3n) is 9.23. The maximum absolute atomic E-state index is 2.47. The Bertz CT molecular complexity index is 397. The fourth-order valence-electron chi connectivity index (χ4n) is 6.29. The molecule has 0 amide bonds. The summed E-state index contributed by atoms with van der Waals surface area (Å²) in [4.78, 5) is 0. The van der Waals surface area contributed by atoms with Gasteiger partial charge in [-0.25, -0.2) is 0 Å². The molecule has 40 heavy (non-hydrogen) atoms. The Labute approximate surface area is 269 Å². The van der Waals surface area contributed by atoms with Gasteiger partial charge in [0.15, 0.2) is 0 Å². The summed E-state index contributed by atoms with van der Waals surface area (Å²) in [7, 11) is 4.94. The smallest absolute Gasteiger partial charge is 0.328 e. The van der Waals surface area contributed by atoms with Gasteiger partial charge in [0.1, 0.15) is 0 Å². The molecule has 1 nitrogen and oxygen atoms in total. The van der Waals surface area contributed by atoms with Crippen LogP contribution in [0.2, 0.25) is 0 Å². The van der Waals surface area contributed by atoms with Gasteiger partial charge in [-0.1, -0.05) is 194 Å². The standard InChI is InChI=1S/C38H80N.Li/c1-5-7-9-11-13-15-17-19-21-23-25-27-29-31-33-35-37-39(3,4)38-36-34-32-30-28-26-24-22-20-18-16-14-12-10-8-6-2;/h5-38H2,1-4H3;/q2*+1. The fraction of sp³-hybridized carbons (Fsp3) is 1.00. The topological polar surface area (TPSA) is 0 Å². The Balaban J connectivity index is 0. The zero-order valence-corrected chi connectivity index (χ0v) is 29.5. The molecule has 236 valence electrons. The summed E-state index contributed by atoms with van der Waals surface area (Å²) < 4.78 is 1.25. The van der Waals surface area contributed by atoms with Gasteiger partial charge in [-0.15, -0.1) is 0 Å². The van der Waals surface area contributed by atoms with Crippen LogP contribution in [-0.2, 0) is 0 Å². The van der Waals surface area contributed by atoms with Gasteiger partial charge in [0, 0.05) is 0 Å². The minimum Gasteiger partial charge on any atom is -0.328 e. The van der Waals surface area contributed by atoms with Crippen molar-refractivity contribution in [3.05, 3.63) is 0 Å². The molecule has 0 aliphatic rings. The summed E-state index contributed by atoms with van der Waals surface area (Å²) in [5, 5.41) is 0. The summed E-state index contributed by atoms with van der Waals surface area (Å²) in [5.74, 6) is 0. The van der Waals surface area contributed by atoms with Crippen LogP contribution in [0.3, 0.4) is 0 Å². The van der Waals surface area contributed by atoms with Crippen molar-refractivity contribution in [2.24, 2.45) is 0 Å². The minimum atomic E-state index is 0. The van der Waals surface area contributed by atoms with E-state index in [9.17, 15) is 0 Å². The van der Waals surface area contributed by atoms with Crippen molar-refractivity contribution in [3.63, 3.8) is 0 Å². The number of rotatable bonds is 34. The molecule has 0 radical (unpaired) electrons. The van der Waals surface area contributed by atoms with Gasteiger partial charge in [-0.2, -0.15) is 0 Å². The first-order valence-electron chi connectivity index (χ1n) is 18.9. The Hall–Kier alpha value is 0.557. The van der Waals surface area contributed by atoms with Crippen LogP contribution in [0.25, 0.3) is 0 Å². The molecule has 0 atom stereocenters. The number of hydrogen-bond acceptors (Lipinski definition) is 0. The molecule has 0 aromatic heterocycles. The summed E-state index contributed by atoms with van der Waals surface area (Å²) in [6, 6.07) is 0. The molecule has 0 saturated carbocycles. The average molecular weight is 558 g/mol. The van der Waals surface area contributed by atoms with Crippen molar-refractivity contribution in [2.45, 2.75) is 219 Å². The molecule has 0 spiro atoms. The minimum absolute atomic E-state index is 0. The van der Waals surface area contributed by atoms with Crippen molar-refractivity contribution in [3.8, 4) is 0 Å². The van der Waals surface area contributed by atoms with Crippen molar-refractivity contribution in [1.82, 2.24) is 0 Å². The van der Waals surface area contributed by atoms with E-state index < -0.39 is 0 Å². The second-order valence-corrected chi connectivity index (χ2v) is 14.0. The first-order valence-corrected chi connectivity index (χ1v) is 18.9. The molecular formula is C38H80LiN+2. The molecule has 0 saturated heterocycles. The fourth-order valence-corrected chi connectivity index (χ4v) is 6.29. The van der Waals surface area contributed by atoms with E-state index in [0.29, 0.717) is 0 Å². The SMILES string of the molecule is CCCCCCCCCCCCCCCCCC[N+](C)(C)CCCCCCCCCCCCCCCCCC.[Li+]. The maximum Gasteiger partial charge on any atom is 1.00 e. The van der Waals surface area contributed by atoms with Gasteiger partial charge in [-0.3, -0.25) is 0 Å². The van der Waals surface area contributed by atoms with Gasteiger partial charge in [0.05, 0.1) is 27.2 Å². The molecule has 0 unspecified atom stereocenters. The molecule has 0 rings (SSSR count). The van der Waals surface area contributed by atoms with E-state index in [1.807, 2.05) is 0 Å². The number of unbranched alkanes of at least 4 members (excludes halogenated alkanes) is 30. The zero-order valence-electron chi connectivity index (χ0n) is 29.5. The van der Waals surface area contributed by atoms with E-state index in [0.717, 1.165) is 0 Å². The zero-order chi connectivity index (χ0) is 28.5. The second kappa shape index (κ2) is 35.8. The van der Waals surface area contributed by atoms with Gasteiger partial charge >= 0.3 is 18.9 Å². The summed E-state index contributed by atoms with van der Waals surface area (Å²) in [5.41, 5.74) is 0. The average Bonchev–Trinajstić information content (AvgIpc) is 2.92. The van der Waals surface area contributed by atoms with Gasteiger partial charge < -0.3 is 4.48 Å². The predicted molar refractivity (Wildman–Crippen MR) is 181 cm³/mol. The molecule has 0 aromatic carbocycles. The second-order valence-electron chi connectivity index (χ2n) is 14.0. The normalized spacial score (nSPS) is 11.7. The summed E-state index contributed by atoms with van der Waals surface area (Å²) >= 11 is 0. The monoisotopic (exact) mass is 558 g/mol. The van der Waals surface area contributed by atoms with Crippen LogP contribution in [0.4, 0.5) is 0 Å². The van der Waals surface area contributed by atoms with E-state index in [1.54, 1.807) is 0 Å². The summed E-state index contributed by atoms with van der Waals surface area (Å²) in [6.45, 7) is 7.39. The Morgan fingerprint density at radius 1 is 0.250 bits per heavy atom. The molecular weight excluding hydrogens is 477 g/mol. The van der Waals surface area contributed by atoms with Crippen molar-refractivity contribution in [2.75, 3.05) is 27.2 Å². The van der Waals surface area contributed by atoms with Gasteiger partial charge in [-0.05, 0) is 25.7 Å². The Kier molecular flexibility index (Phi) is 38.2. The first kappa shape index (κ1) is 42.7. The molecule has 0 fully saturated rings. The van der Waals surface area contributed by atoms with Crippen LogP contribution >= 0.6 is 0 Å². The Morgan fingerprint density at radius 3 is 0.575 bits per heavy atom. The van der Waals surface area contributed by atoms with Gasteiger partial charge in [0.2, 0.25) is 0 Å². The van der Waals surface area contributed by atoms with Crippen LogP contribution in [0.15, 0.2) is 0 Å². The quantitative estimate of drug-likeness (QED) is 0.0419. The van der Waals surface area contributed by atoms with E-state index >= 15 is 0 Å². The molecule has 0 aliphatic heterocycles. The van der Waals surface area contributed by atoms with Crippen LogP contribution in [0.1, 0.15) is 219 Å². The molecule has 0 N–H and O–H groups in total. The molecule has 0 bridgehead atoms. The maximum atomic E-state index is 2.47. The number of quaternary nitrogens is 1. The number of hydrogen-bond donors (Lipinski definition) is 0. The van der Waals surface area contributed by atoms with E-state index in [2.05, 4.69) is 27.9 Å². The van der Waals surface area contributed by atoms with Crippen molar-refractivity contribution >= 4 is 0 Å². The van der Waals surface area contributed by atoms with Crippen molar-refractivity contribution < 1.29 is 23.3 Å². The third kappa shape index (κ3) is 36.6. The van der Waals surface area contributed by atoms with Crippen LogP contribution in [0.5, 0.6) is 0 Å². The van der Waals surface area contributed by atoms with E-state index in [4.69, 9.17) is 0 Å². The largest absolute Gasteiger partial charge is 1.00 e. The predicted octanol–water partition coefficient (Wildman–Crippen LogP) is 10.6. The van der Waals surface area contributed by atoms with Crippen LogP contribution in [-0.4, -0.2) is 31.7 Å². The molecule has 0 heterocycles. The summed E-state index contributed by atoms with van der Waals surface area (Å²) in [6.07, 6.45) is 46.9. The third-order valence-corrected chi connectivity index (χ3v) is 9.23. The van der Waals surface area contributed by atoms with Crippen molar-refractivity contribution in [1.29, 1.82) is 0 Å². The number of nitrogens with zero attached hydrogens (tertiary/aromatic N) is 1. The van der Waals surface area contributed by atoms with Crippen LogP contribution in [0, 0.1) is 0 Å². The van der Waals surface area contributed by atoms with Crippen LogP contribution < -0.4 is 18.9 Å². The van der Waals surface area contributed by atoms with E-state index in [1.165, 1.54) is 223 Å². The Morgan fingerprint density at radius 2 is 0.400 bits per heavy atom.